The number of hydrogen-bond donors (Lipinski definition) is 1. The number of aliphatic carboxylic acids is 1. The van der Waals surface area contributed by atoms with Gasteiger partial charge in [0.15, 0.2) is 5.60 Å². The van der Waals surface area contributed by atoms with Crippen molar-refractivity contribution < 1.29 is 45.8 Å². The van der Waals surface area contributed by atoms with Crippen molar-refractivity contribution in [2.24, 2.45) is 0 Å². The van der Waals surface area contributed by atoms with Crippen LogP contribution in [-0.4, -0.2) is 34.6 Å². The lowest BCUT2D eigenvalue weighted by molar-refractivity contribution is -0.152. The SMILES string of the molecule is Cc1nc(-c2ccc(C(F)(F)F)cc2)ccc1CC(=O)N(C)c1cc(OC(C)(C)C(=O)O)ccc1C(F)(F)F. The number of aryl methyl sites for hydroxylation is 1. The van der Waals surface area contributed by atoms with E-state index in [4.69, 9.17) is 4.74 Å². The summed E-state index contributed by atoms with van der Waals surface area (Å²) in [5.41, 5.74) is -2.66. The first-order valence-electron chi connectivity index (χ1n) is 11.4. The molecule has 1 aromatic heterocycles. The highest BCUT2D eigenvalue weighted by atomic mass is 19.4. The number of carboxylic acids is 1. The van der Waals surface area contributed by atoms with Gasteiger partial charge < -0.3 is 14.7 Å². The van der Waals surface area contributed by atoms with Crippen LogP contribution in [0, 0.1) is 6.92 Å². The van der Waals surface area contributed by atoms with Gasteiger partial charge in [0.2, 0.25) is 5.91 Å². The number of likely N-dealkylation sites (N-methyl/N-ethyl adjacent to an activating group) is 1. The third kappa shape index (κ3) is 6.87. The van der Waals surface area contributed by atoms with Crippen LogP contribution in [0.25, 0.3) is 11.3 Å². The van der Waals surface area contributed by atoms with Crippen LogP contribution in [0.15, 0.2) is 54.6 Å². The molecule has 1 heterocycles. The van der Waals surface area contributed by atoms with E-state index >= 15 is 0 Å². The molecule has 0 saturated carbocycles. The largest absolute Gasteiger partial charge is 0.478 e. The van der Waals surface area contributed by atoms with Gasteiger partial charge in [0.25, 0.3) is 0 Å². The van der Waals surface area contributed by atoms with Crippen molar-refractivity contribution in [3.8, 4) is 17.0 Å². The van der Waals surface area contributed by atoms with Gasteiger partial charge in [-0.3, -0.25) is 9.78 Å². The van der Waals surface area contributed by atoms with Crippen LogP contribution in [0.3, 0.4) is 0 Å². The fourth-order valence-electron chi connectivity index (χ4n) is 3.61. The Balaban J connectivity index is 1.87. The summed E-state index contributed by atoms with van der Waals surface area (Å²) in [5, 5.41) is 9.26. The van der Waals surface area contributed by atoms with E-state index in [2.05, 4.69) is 4.98 Å². The minimum absolute atomic E-state index is 0.177. The Labute approximate surface area is 219 Å². The third-order valence-corrected chi connectivity index (χ3v) is 5.94. The number of nitrogens with zero attached hydrogens (tertiary/aromatic N) is 2. The van der Waals surface area contributed by atoms with E-state index in [0.717, 1.165) is 36.2 Å². The van der Waals surface area contributed by atoms with Crippen molar-refractivity contribution in [1.29, 1.82) is 0 Å². The molecule has 3 rings (SSSR count). The second-order valence-electron chi connectivity index (χ2n) is 9.24. The molecule has 0 aliphatic rings. The highest BCUT2D eigenvalue weighted by Gasteiger charge is 2.37. The zero-order valence-electron chi connectivity index (χ0n) is 21.2. The van der Waals surface area contributed by atoms with Crippen LogP contribution in [0.2, 0.25) is 0 Å². The molecule has 0 aliphatic heterocycles. The maximum atomic E-state index is 13.7. The van der Waals surface area contributed by atoms with Crippen molar-refractivity contribution in [3.63, 3.8) is 0 Å². The molecular weight excluding hydrogens is 530 g/mol. The molecule has 0 fully saturated rings. The number of anilines is 1. The van der Waals surface area contributed by atoms with Gasteiger partial charge in [-0.1, -0.05) is 18.2 Å². The summed E-state index contributed by atoms with van der Waals surface area (Å²) in [5.74, 6) is -2.23. The second-order valence-corrected chi connectivity index (χ2v) is 9.24. The van der Waals surface area contributed by atoms with Gasteiger partial charge in [0.1, 0.15) is 5.75 Å². The lowest BCUT2D eigenvalue weighted by Crippen LogP contribution is -2.38. The Hall–Kier alpha value is -4.09. The Morgan fingerprint density at radius 2 is 1.54 bits per heavy atom. The van der Waals surface area contributed by atoms with E-state index in [9.17, 15) is 41.0 Å². The van der Waals surface area contributed by atoms with Crippen molar-refractivity contribution in [2.75, 3.05) is 11.9 Å². The number of pyridine rings is 1. The van der Waals surface area contributed by atoms with Gasteiger partial charge in [-0.2, -0.15) is 26.3 Å². The number of halogens is 6. The van der Waals surface area contributed by atoms with Gasteiger partial charge in [-0.15, -0.1) is 0 Å². The highest BCUT2D eigenvalue weighted by molar-refractivity contribution is 5.95. The predicted octanol–water partition coefficient (Wildman–Crippen LogP) is 6.54. The van der Waals surface area contributed by atoms with Crippen LogP contribution in [0.1, 0.15) is 36.2 Å². The van der Waals surface area contributed by atoms with Crippen molar-refractivity contribution >= 4 is 17.6 Å². The minimum atomic E-state index is -4.81. The van der Waals surface area contributed by atoms with Crippen LogP contribution in [0.5, 0.6) is 5.75 Å². The molecule has 0 spiro atoms. The molecule has 1 amide bonds. The lowest BCUT2D eigenvalue weighted by Gasteiger charge is -2.26. The molecule has 12 heteroatoms. The van der Waals surface area contributed by atoms with E-state index in [1.165, 1.54) is 38.1 Å². The Morgan fingerprint density at radius 3 is 2.05 bits per heavy atom. The Morgan fingerprint density at radius 1 is 0.923 bits per heavy atom. The number of amides is 1. The van der Waals surface area contributed by atoms with Crippen LogP contribution in [-0.2, 0) is 28.4 Å². The summed E-state index contributed by atoms with van der Waals surface area (Å²) in [6, 6.07) is 10.0. The summed E-state index contributed by atoms with van der Waals surface area (Å²) in [7, 11) is 1.15. The minimum Gasteiger partial charge on any atom is -0.478 e. The van der Waals surface area contributed by atoms with Gasteiger partial charge in [0, 0.05) is 24.4 Å². The van der Waals surface area contributed by atoms with Gasteiger partial charge in [-0.05, 0) is 56.7 Å². The first kappa shape index (κ1) is 29.5. The molecule has 0 unspecified atom stereocenters. The van der Waals surface area contributed by atoms with Crippen molar-refractivity contribution in [1.82, 2.24) is 4.98 Å². The molecule has 0 saturated heterocycles. The van der Waals surface area contributed by atoms with Crippen molar-refractivity contribution in [2.45, 2.75) is 45.1 Å². The standard InChI is InChI=1S/C27H24F6N2O4/c1-15-17(7-12-21(34-15)16-5-8-18(9-6-16)26(28,29)30)13-23(36)35(4)22-14-19(39-25(2,3)24(37)38)10-11-20(22)27(31,32)33/h5-12,14H,13H2,1-4H3,(H,37,38). The molecule has 1 N–H and O–H groups in total. The van der Waals surface area contributed by atoms with Gasteiger partial charge >= 0.3 is 18.3 Å². The summed E-state index contributed by atoms with van der Waals surface area (Å²) >= 11 is 0. The number of carbonyl (C=O) groups is 2. The molecular formula is C27H24F6N2O4. The Kier molecular flexibility index (Phi) is 8.00. The van der Waals surface area contributed by atoms with E-state index in [0.29, 0.717) is 28.6 Å². The quantitative estimate of drug-likeness (QED) is 0.336. The van der Waals surface area contributed by atoms with E-state index in [1.54, 1.807) is 6.92 Å². The molecule has 208 valence electrons. The smallest absolute Gasteiger partial charge is 0.418 e. The number of hydrogen-bond acceptors (Lipinski definition) is 4. The van der Waals surface area contributed by atoms with Gasteiger partial charge in [0.05, 0.1) is 28.9 Å². The normalized spacial score (nSPS) is 12.3. The number of carboxylic acid groups (broad SMARTS) is 1. The van der Waals surface area contributed by atoms with Crippen LogP contribution < -0.4 is 9.64 Å². The molecule has 6 nitrogen and oxygen atoms in total. The molecule has 39 heavy (non-hydrogen) atoms. The first-order chi connectivity index (χ1) is 17.9. The summed E-state index contributed by atoms with van der Waals surface area (Å²) < 4.78 is 84.9. The molecule has 0 bridgehead atoms. The van der Waals surface area contributed by atoms with E-state index in [-0.39, 0.29) is 12.2 Å². The zero-order chi connectivity index (χ0) is 29.3. The summed E-state index contributed by atoms with van der Waals surface area (Å²) in [6.45, 7) is 4.02. The summed E-state index contributed by atoms with van der Waals surface area (Å²) in [4.78, 5) is 29.5. The fraction of sp³-hybridized carbons (Fsp3) is 0.296. The molecule has 2 aromatic carbocycles. The number of benzene rings is 2. The average Bonchev–Trinajstić information content (AvgIpc) is 2.83. The average molecular weight is 554 g/mol. The second kappa shape index (κ2) is 10.6. The Bertz CT molecular complexity index is 1380. The van der Waals surface area contributed by atoms with Gasteiger partial charge in [-0.25, -0.2) is 4.79 Å². The monoisotopic (exact) mass is 554 g/mol. The lowest BCUT2D eigenvalue weighted by atomic mass is 10.0. The number of rotatable bonds is 7. The number of carbonyl (C=O) groups excluding carboxylic acids is 1. The molecule has 0 aliphatic carbocycles. The topological polar surface area (TPSA) is 79.7 Å². The molecule has 3 aromatic rings. The van der Waals surface area contributed by atoms with E-state index in [1.807, 2.05) is 0 Å². The van der Waals surface area contributed by atoms with Crippen LogP contribution >= 0.6 is 0 Å². The molecule has 0 atom stereocenters. The number of alkyl halides is 6. The zero-order valence-corrected chi connectivity index (χ0v) is 21.2. The molecule has 0 radical (unpaired) electrons. The summed E-state index contributed by atoms with van der Waals surface area (Å²) in [6.07, 6.45) is -9.63. The number of ether oxygens (including phenoxy) is 1. The first-order valence-corrected chi connectivity index (χ1v) is 11.4. The van der Waals surface area contributed by atoms with Crippen molar-refractivity contribution in [3.05, 3.63) is 77.0 Å². The maximum Gasteiger partial charge on any atom is 0.418 e. The number of aromatic nitrogens is 1. The highest BCUT2D eigenvalue weighted by Crippen LogP contribution is 2.39. The van der Waals surface area contributed by atoms with Crippen LogP contribution in [0.4, 0.5) is 32.0 Å². The van der Waals surface area contributed by atoms with E-state index < -0.39 is 46.6 Å². The maximum absolute atomic E-state index is 13.7. The predicted molar refractivity (Wildman–Crippen MR) is 130 cm³/mol. The third-order valence-electron chi connectivity index (χ3n) is 5.94. The fourth-order valence-corrected chi connectivity index (χ4v) is 3.61.